The Morgan fingerprint density at radius 2 is 1.09 bits per heavy atom. The van der Waals surface area contributed by atoms with Gasteiger partial charge in [-0.05, 0) is 25.0 Å². The summed E-state index contributed by atoms with van der Waals surface area (Å²) in [6.07, 6.45) is 0.286. The molecule has 2 nitrogen and oxygen atoms in total. The highest BCUT2D eigenvalue weighted by Crippen LogP contribution is 2.27. The van der Waals surface area contributed by atoms with Crippen molar-refractivity contribution < 1.29 is 9.47 Å². The number of hydrogen-bond donors (Lipinski definition) is 0. The Morgan fingerprint density at radius 3 is 1.43 bits per heavy atom. The molecule has 0 aromatic heterocycles. The molecule has 23 heavy (non-hydrogen) atoms. The summed E-state index contributed by atoms with van der Waals surface area (Å²) in [6, 6.07) is 20.9. The van der Waals surface area contributed by atoms with Gasteiger partial charge in [-0.2, -0.15) is 11.8 Å². The van der Waals surface area contributed by atoms with Crippen LogP contribution in [0.2, 0.25) is 0 Å². The Balaban J connectivity index is 1.92. The third-order valence-electron chi connectivity index (χ3n) is 3.62. The zero-order valence-electron chi connectivity index (χ0n) is 14.0. The molecule has 124 valence electrons. The van der Waals surface area contributed by atoms with Crippen molar-refractivity contribution in [2.75, 3.05) is 24.7 Å². The molecule has 0 amide bonds. The van der Waals surface area contributed by atoms with E-state index in [0.29, 0.717) is 0 Å². The second-order valence-corrected chi connectivity index (χ2v) is 6.32. The van der Waals surface area contributed by atoms with Crippen LogP contribution in [0.25, 0.3) is 0 Å². The van der Waals surface area contributed by atoms with E-state index in [9.17, 15) is 0 Å². The van der Waals surface area contributed by atoms with E-state index in [4.69, 9.17) is 9.47 Å². The van der Waals surface area contributed by atoms with Gasteiger partial charge in [0.05, 0.1) is 12.2 Å². The number of benzene rings is 2. The fourth-order valence-corrected chi connectivity index (χ4v) is 3.64. The normalized spacial score (nSPS) is 13.7. The highest BCUT2D eigenvalue weighted by Gasteiger charge is 2.15. The van der Waals surface area contributed by atoms with E-state index in [1.165, 1.54) is 11.1 Å². The number of hydrogen-bond acceptors (Lipinski definition) is 3. The Kier molecular flexibility index (Phi) is 8.23. The second-order valence-electron chi connectivity index (χ2n) is 5.25. The van der Waals surface area contributed by atoms with Gasteiger partial charge in [0.15, 0.2) is 0 Å². The average molecular weight is 330 g/mol. The van der Waals surface area contributed by atoms with Gasteiger partial charge >= 0.3 is 0 Å². The van der Waals surface area contributed by atoms with Crippen molar-refractivity contribution >= 4 is 11.8 Å². The van der Waals surface area contributed by atoms with Gasteiger partial charge in [0.25, 0.3) is 0 Å². The topological polar surface area (TPSA) is 18.5 Å². The molecule has 0 N–H and O–H groups in total. The number of rotatable bonds is 10. The summed E-state index contributed by atoms with van der Waals surface area (Å²) >= 11 is 1.89. The Hall–Kier alpha value is -1.29. The smallest absolute Gasteiger partial charge is 0.0915 e. The van der Waals surface area contributed by atoms with Crippen LogP contribution in [0.1, 0.15) is 37.2 Å². The minimum absolute atomic E-state index is 0.143. The molecule has 0 saturated carbocycles. The van der Waals surface area contributed by atoms with E-state index >= 15 is 0 Å². The molecular weight excluding hydrogens is 304 g/mol. The van der Waals surface area contributed by atoms with Crippen molar-refractivity contribution in [1.29, 1.82) is 0 Å². The van der Waals surface area contributed by atoms with Gasteiger partial charge in [-0.25, -0.2) is 0 Å². The lowest BCUT2D eigenvalue weighted by molar-refractivity contribution is 0.0760. The molecule has 0 aliphatic carbocycles. The van der Waals surface area contributed by atoms with Crippen LogP contribution in [-0.2, 0) is 9.47 Å². The molecule has 2 atom stereocenters. The summed E-state index contributed by atoms with van der Waals surface area (Å²) in [5, 5.41) is 0. The predicted octanol–water partition coefficient (Wildman–Crippen LogP) is 5.28. The predicted molar refractivity (Wildman–Crippen MR) is 98.9 cm³/mol. The van der Waals surface area contributed by atoms with Gasteiger partial charge in [-0.15, -0.1) is 0 Å². The largest absolute Gasteiger partial charge is 0.373 e. The maximum absolute atomic E-state index is 5.91. The molecule has 0 fully saturated rings. The van der Waals surface area contributed by atoms with Gasteiger partial charge < -0.3 is 9.47 Å². The molecular formula is C20H26O2S. The fourth-order valence-electron chi connectivity index (χ4n) is 2.50. The Bertz CT molecular complexity index is 480. The quantitative estimate of drug-likeness (QED) is 0.591. The Labute approximate surface area is 144 Å². The van der Waals surface area contributed by atoms with Crippen LogP contribution in [-0.4, -0.2) is 24.7 Å². The first kappa shape index (κ1) is 18.1. The third-order valence-corrected chi connectivity index (χ3v) is 4.69. The molecule has 3 heteroatoms. The van der Waals surface area contributed by atoms with Crippen molar-refractivity contribution in [1.82, 2.24) is 0 Å². The van der Waals surface area contributed by atoms with Crippen LogP contribution in [0, 0.1) is 0 Å². The lowest BCUT2D eigenvalue weighted by Crippen LogP contribution is -2.11. The van der Waals surface area contributed by atoms with E-state index < -0.39 is 0 Å². The first-order valence-corrected chi connectivity index (χ1v) is 9.41. The molecule has 0 saturated heterocycles. The van der Waals surface area contributed by atoms with Gasteiger partial charge in [-0.3, -0.25) is 0 Å². The monoisotopic (exact) mass is 330 g/mol. The first-order valence-electron chi connectivity index (χ1n) is 8.26. The summed E-state index contributed by atoms with van der Waals surface area (Å²) in [5.74, 6) is 1.88. The fraction of sp³-hybridized carbons (Fsp3) is 0.400. The SMILES string of the molecule is CCOC(CSCC(OCC)c1ccccc1)c1ccccc1. The van der Waals surface area contributed by atoms with Crippen LogP contribution >= 0.6 is 11.8 Å². The van der Waals surface area contributed by atoms with E-state index in [2.05, 4.69) is 48.5 Å². The zero-order valence-corrected chi connectivity index (χ0v) is 14.8. The lowest BCUT2D eigenvalue weighted by Gasteiger charge is -2.20. The molecule has 2 aromatic carbocycles. The van der Waals surface area contributed by atoms with Crippen LogP contribution in [0.3, 0.4) is 0 Å². The van der Waals surface area contributed by atoms with Crippen LogP contribution in [0.5, 0.6) is 0 Å². The molecule has 0 heterocycles. The minimum Gasteiger partial charge on any atom is -0.373 e. The first-order chi connectivity index (χ1) is 11.3. The molecule has 2 rings (SSSR count). The molecule has 2 aromatic rings. The average Bonchev–Trinajstić information content (AvgIpc) is 2.61. The van der Waals surface area contributed by atoms with Crippen molar-refractivity contribution in [2.24, 2.45) is 0 Å². The van der Waals surface area contributed by atoms with Gasteiger partial charge in [-0.1, -0.05) is 60.7 Å². The van der Waals surface area contributed by atoms with Gasteiger partial charge in [0.1, 0.15) is 0 Å². The Morgan fingerprint density at radius 1 is 0.696 bits per heavy atom. The maximum Gasteiger partial charge on any atom is 0.0915 e. The number of ether oxygens (including phenoxy) is 2. The molecule has 0 spiro atoms. The second kappa shape index (κ2) is 10.5. The zero-order chi connectivity index (χ0) is 16.3. The van der Waals surface area contributed by atoms with E-state index in [1.54, 1.807) is 0 Å². The molecule has 0 bridgehead atoms. The molecule has 0 aliphatic heterocycles. The van der Waals surface area contributed by atoms with E-state index in [-0.39, 0.29) is 12.2 Å². The maximum atomic E-state index is 5.91. The summed E-state index contributed by atoms with van der Waals surface area (Å²) in [5.41, 5.74) is 2.49. The van der Waals surface area contributed by atoms with E-state index in [0.717, 1.165) is 24.7 Å². The standard InChI is InChI=1S/C20H26O2S/c1-3-21-19(17-11-7-5-8-12-17)15-23-16-20(22-4-2)18-13-9-6-10-14-18/h5-14,19-20H,3-4,15-16H2,1-2H3. The lowest BCUT2D eigenvalue weighted by atomic mass is 10.1. The highest BCUT2D eigenvalue weighted by atomic mass is 32.2. The minimum atomic E-state index is 0.143. The van der Waals surface area contributed by atoms with Crippen molar-refractivity contribution in [3.63, 3.8) is 0 Å². The van der Waals surface area contributed by atoms with Crippen molar-refractivity contribution in [3.05, 3.63) is 71.8 Å². The highest BCUT2D eigenvalue weighted by molar-refractivity contribution is 7.99. The summed E-state index contributed by atoms with van der Waals surface area (Å²) in [4.78, 5) is 0. The molecule has 2 unspecified atom stereocenters. The molecule has 0 aliphatic rings. The van der Waals surface area contributed by atoms with Gasteiger partial charge in [0, 0.05) is 24.7 Å². The van der Waals surface area contributed by atoms with Crippen molar-refractivity contribution in [2.45, 2.75) is 26.1 Å². The van der Waals surface area contributed by atoms with Crippen molar-refractivity contribution in [3.8, 4) is 0 Å². The molecule has 0 radical (unpaired) electrons. The summed E-state index contributed by atoms with van der Waals surface area (Å²) in [7, 11) is 0. The number of thioether (sulfide) groups is 1. The third kappa shape index (κ3) is 6.02. The van der Waals surface area contributed by atoms with Crippen LogP contribution < -0.4 is 0 Å². The summed E-state index contributed by atoms with van der Waals surface area (Å²) in [6.45, 7) is 5.56. The summed E-state index contributed by atoms with van der Waals surface area (Å²) < 4.78 is 11.8. The van der Waals surface area contributed by atoms with Gasteiger partial charge in [0.2, 0.25) is 0 Å². The van der Waals surface area contributed by atoms with Crippen LogP contribution in [0.15, 0.2) is 60.7 Å². The van der Waals surface area contributed by atoms with Crippen LogP contribution in [0.4, 0.5) is 0 Å². The van der Waals surface area contributed by atoms with E-state index in [1.807, 2.05) is 37.7 Å².